The molecular formula is C17H18FNO2. The van der Waals surface area contributed by atoms with E-state index in [2.05, 4.69) is 5.32 Å². The second kappa shape index (κ2) is 6.88. The van der Waals surface area contributed by atoms with Crippen molar-refractivity contribution < 1.29 is 13.9 Å². The Hall–Kier alpha value is -2.36. The Bertz CT molecular complexity index is 640. The molecule has 0 saturated heterocycles. The normalized spacial score (nSPS) is 10.2. The van der Waals surface area contributed by atoms with Crippen LogP contribution in [0.2, 0.25) is 0 Å². The zero-order chi connectivity index (χ0) is 15.2. The van der Waals surface area contributed by atoms with Gasteiger partial charge in [-0.05, 0) is 38.1 Å². The van der Waals surface area contributed by atoms with Gasteiger partial charge in [0.1, 0.15) is 5.82 Å². The lowest BCUT2D eigenvalue weighted by Crippen LogP contribution is -2.06. The van der Waals surface area contributed by atoms with Gasteiger partial charge in [-0.2, -0.15) is 0 Å². The lowest BCUT2D eigenvalue weighted by Gasteiger charge is -2.09. The number of nitrogens with one attached hydrogen (secondary N) is 1. The molecular weight excluding hydrogens is 269 g/mol. The summed E-state index contributed by atoms with van der Waals surface area (Å²) in [4.78, 5) is 11.7. The van der Waals surface area contributed by atoms with Crippen LogP contribution in [0.25, 0.3) is 0 Å². The predicted octanol–water partition coefficient (Wildman–Crippen LogP) is 3.92. The zero-order valence-corrected chi connectivity index (χ0v) is 12.2. The van der Waals surface area contributed by atoms with Crippen LogP contribution in [0.15, 0.2) is 42.5 Å². The van der Waals surface area contributed by atoms with E-state index in [4.69, 9.17) is 4.74 Å². The van der Waals surface area contributed by atoms with Crippen LogP contribution in [-0.2, 0) is 11.3 Å². The largest absolute Gasteiger partial charge is 0.462 e. The first kappa shape index (κ1) is 15.0. The molecule has 2 rings (SSSR count). The molecule has 0 aromatic heterocycles. The van der Waals surface area contributed by atoms with Gasteiger partial charge in [-0.3, -0.25) is 0 Å². The van der Waals surface area contributed by atoms with Crippen molar-refractivity contribution in [2.75, 3.05) is 11.9 Å². The van der Waals surface area contributed by atoms with Gasteiger partial charge in [0.2, 0.25) is 0 Å². The molecule has 0 aliphatic rings. The number of anilines is 1. The summed E-state index contributed by atoms with van der Waals surface area (Å²) in [6.07, 6.45) is 0. The van der Waals surface area contributed by atoms with Crippen molar-refractivity contribution in [3.8, 4) is 0 Å². The Morgan fingerprint density at radius 1 is 1.24 bits per heavy atom. The standard InChI is InChI=1S/C17H18FNO2/c1-3-21-17(20)13-5-4-6-15(10-13)19-11-14-9-12(2)7-8-16(14)18/h4-10,19H,3,11H2,1-2H3. The van der Waals surface area contributed by atoms with Gasteiger partial charge in [-0.1, -0.05) is 23.8 Å². The maximum Gasteiger partial charge on any atom is 0.338 e. The number of carbonyl (C=O) groups excluding carboxylic acids is 1. The topological polar surface area (TPSA) is 38.3 Å². The summed E-state index contributed by atoms with van der Waals surface area (Å²) in [5.74, 6) is -0.600. The van der Waals surface area contributed by atoms with Crippen molar-refractivity contribution in [1.29, 1.82) is 0 Å². The Labute approximate surface area is 123 Å². The summed E-state index contributed by atoms with van der Waals surface area (Å²) < 4.78 is 18.6. The zero-order valence-electron chi connectivity index (χ0n) is 12.2. The summed E-state index contributed by atoms with van der Waals surface area (Å²) in [5, 5.41) is 3.12. The molecule has 4 heteroatoms. The van der Waals surface area contributed by atoms with Crippen LogP contribution in [0.1, 0.15) is 28.4 Å². The first-order chi connectivity index (χ1) is 10.1. The third-order valence-corrected chi connectivity index (χ3v) is 3.06. The molecule has 110 valence electrons. The minimum Gasteiger partial charge on any atom is -0.462 e. The van der Waals surface area contributed by atoms with Gasteiger partial charge < -0.3 is 10.1 Å². The highest BCUT2D eigenvalue weighted by Crippen LogP contribution is 2.15. The highest BCUT2D eigenvalue weighted by atomic mass is 19.1. The van der Waals surface area contributed by atoms with E-state index >= 15 is 0 Å². The van der Waals surface area contributed by atoms with E-state index in [0.29, 0.717) is 24.3 Å². The third-order valence-electron chi connectivity index (χ3n) is 3.06. The quantitative estimate of drug-likeness (QED) is 0.847. The number of aryl methyl sites for hydroxylation is 1. The Morgan fingerprint density at radius 2 is 2.05 bits per heavy atom. The van der Waals surface area contributed by atoms with Crippen LogP contribution >= 0.6 is 0 Å². The molecule has 0 bridgehead atoms. The number of carbonyl (C=O) groups is 1. The average Bonchev–Trinajstić information content (AvgIpc) is 2.49. The van der Waals surface area contributed by atoms with Crippen LogP contribution in [-0.4, -0.2) is 12.6 Å². The predicted molar refractivity (Wildman–Crippen MR) is 80.9 cm³/mol. The fourth-order valence-corrected chi connectivity index (χ4v) is 2.01. The van der Waals surface area contributed by atoms with E-state index in [9.17, 15) is 9.18 Å². The molecule has 0 unspecified atom stereocenters. The monoisotopic (exact) mass is 287 g/mol. The van der Waals surface area contributed by atoms with Gasteiger partial charge in [0.25, 0.3) is 0 Å². The summed E-state index contributed by atoms with van der Waals surface area (Å²) >= 11 is 0. The molecule has 0 amide bonds. The fourth-order valence-electron chi connectivity index (χ4n) is 2.01. The SMILES string of the molecule is CCOC(=O)c1cccc(NCc2cc(C)ccc2F)c1. The number of ether oxygens (including phenoxy) is 1. The van der Waals surface area contributed by atoms with Crippen LogP contribution in [0.4, 0.5) is 10.1 Å². The average molecular weight is 287 g/mol. The Kier molecular flexibility index (Phi) is 4.93. The van der Waals surface area contributed by atoms with E-state index in [1.165, 1.54) is 6.07 Å². The maximum atomic E-state index is 13.7. The van der Waals surface area contributed by atoms with E-state index < -0.39 is 0 Å². The number of esters is 1. The highest BCUT2D eigenvalue weighted by molar-refractivity contribution is 5.90. The molecule has 0 heterocycles. The number of halogens is 1. The van der Waals surface area contributed by atoms with E-state index in [0.717, 1.165) is 11.3 Å². The molecule has 0 aliphatic heterocycles. The minimum absolute atomic E-state index is 0.241. The van der Waals surface area contributed by atoms with Crippen molar-refractivity contribution >= 4 is 11.7 Å². The van der Waals surface area contributed by atoms with Crippen LogP contribution in [0, 0.1) is 12.7 Å². The molecule has 0 spiro atoms. The summed E-state index contributed by atoms with van der Waals surface area (Å²) in [6.45, 7) is 4.38. The molecule has 2 aromatic rings. The number of benzene rings is 2. The molecule has 0 fully saturated rings. The lowest BCUT2D eigenvalue weighted by molar-refractivity contribution is 0.0526. The highest BCUT2D eigenvalue weighted by Gasteiger charge is 2.07. The van der Waals surface area contributed by atoms with Gasteiger partial charge in [0, 0.05) is 17.8 Å². The van der Waals surface area contributed by atoms with Crippen molar-refractivity contribution in [1.82, 2.24) is 0 Å². The van der Waals surface area contributed by atoms with E-state index in [1.807, 2.05) is 13.0 Å². The van der Waals surface area contributed by atoms with Crippen molar-refractivity contribution in [2.24, 2.45) is 0 Å². The smallest absolute Gasteiger partial charge is 0.338 e. The van der Waals surface area contributed by atoms with E-state index in [-0.39, 0.29) is 11.8 Å². The van der Waals surface area contributed by atoms with Crippen LogP contribution in [0.5, 0.6) is 0 Å². The number of rotatable bonds is 5. The van der Waals surface area contributed by atoms with Gasteiger partial charge in [-0.25, -0.2) is 9.18 Å². The molecule has 0 radical (unpaired) electrons. The van der Waals surface area contributed by atoms with E-state index in [1.54, 1.807) is 37.3 Å². The second-order valence-corrected chi connectivity index (χ2v) is 4.75. The number of hydrogen-bond donors (Lipinski definition) is 1. The Balaban J connectivity index is 2.08. The molecule has 0 aliphatic carbocycles. The first-order valence-electron chi connectivity index (χ1n) is 6.86. The second-order valence-electron chi connectivity index (χ2n) is 4.75. The third kappa shape index (κ3) is 4.05. The van der Waals surface area contributed by atoms with Crippen molar-refractivity contribution in [2.45, 2.75) is 20.4 Å². The molecule has 2 aromatic carbocycles. The summed E-state index contributed by atoms with van der Waals surface area (Å²) in [5.41, 5.74) is 2.83. The number of hydrogen-bond acceptors (Lipinski definition) is 3. The maximum absolute atomic E-state index is 13.7. The summed E-state index contributed by atoms with van der Waals surface area (Å²) in [7, 11) is 0. The van der Waals surface area contributed by atoms with Gasteiger partial charge in [0.15, 0.2) is 0 Å². The molecule has 3 nitrogen and oxygen atoms in total. The van der Waals surface area contributed by atoms with Crippen molar-refractivity contribution in [3.63, 3.8) is 0 Å². The van der Waals surface area contributed by atoms with Gasteiger partial charge in [0.05, 0.1) is 12.2 Å². The van der Waals surface area contributed by atoms with Crippen molar-refractivity contribution in [3.05, 3.63) is 65.0 Å². The molecule has 21 heavy (non-hydrogen) atoms. The van der Waals surface area contributed by atoms with Gasteiger partial charge in [-0.15, -0.1) is 0 Å². The lowest BCUT2D eigenvalue weighted by atomic mass is 10.1. The Morgan fingerprint density at radius 3 is 2.81 bits per heavy atom. The summed E-state index contributed by atoms with van der Waals surface area (Å²) in [6, 6.07) is 12.0. The minimum atomic E-state index is -0.358. The fraction of sp³-hybridized carbons (Fsp3) is 0.235. The molecule has 0 atom stereocenters. The molecule has 1 N–H and O–H groups in total. The molecule has 0 saturated carbocycles. The first-order valence-corrected chi connectivity index (χ1v) is 6.86. The van der Waals surface area contributed by atoms with Gasteiger partial charge >= 0.3 is 5.97 Å². The van der Waals surface area contributed by atoms with Crippen LogP contribution in [0.3, 0.4) is 0 Å². The van der Waals surface area contributed by atoms with Crippen LogP contribution < -0.4 is 5.32 Å².